The topological polar surface area (TPSA) is 487 Å². The molecular weight excluding hydrogens is 1160 g/mol. The molecular formula is C62H84N14O14. The summed E-state index contributed by atoms with van der Waals surface area (Å²) in [5, 5.41) is 51.0. The third kappa shape index (κ3) is 26.1. The number of phenols is 3. The Morgan fingerprint density at radius 2 is 0.756 bits per heavy atom. The number of phenolic OH excluding ortho intramolecular Hbond substituents is 3. The summed E-state index contributed by atoms with van der Waals surface area (Å²) in [6, 6.07) is 12.7. The fraction of sp³-hybridized carbons (Fsp3) is 0.419. The van der Waals surface area contributed by atoms with Crippen LogP contribution < -0.4 is 71.2 Å². The summed E-state index contributed by atoms with van der Waals surface area (Å²) in [5.41, 5.74) is 29.8. The maximum absolute atomic E-state index is 14.8. The molecule has 0 aliphatic heterocycles. The van der Waals surface area contributed by atoms with Crippen molar-refractivity contribution in [3.8, 4) is 17.2 Å². The number of nitrogens with zero attached hydrogens (tertiary/aromatic N) is 1. The van der Waals surface area contributed by atoms with Crippen LogP contribution in [0.15, 0.2) is 108 Å². The Labute approximate surface area is 521 Å². The number of benzene rings is 4. The van der Waals surface area contributed by atoms with Crippen molar-refractivity contribution in [3.63, 3.8) is 0 Å². The van der Waals surface area contributed by atoms with Crippen LogP contribution in [-0.2, 0) is 78.4 Å². The molecule has 0 aliphatic carbocycles. The number of amides is 10. The number of nitrogens with two attached hydrogens (primary N) is 5. The van der Waals surface area contributed by atoms with E-state index >= 15 is 0 Å². The molecule has 0 spiro atoms. The minimum absolute atomic E-state index is 0.0237. The lowest BCUT2D eigenvalue weighted by Gasteiger charge is -2.29. The van der Waals surface area contributed by atoms with Gasteiger partial charge in [0.2, 0.25) is 59.1 Å². The first-order valence-electron chi connectivity index (χ1n) is 29.2. The normalized spacial score (nSPS) is 14.0. The molecule has 0 aromatic heterocycles. The van der Waals surface area contributed by atoms with Gasteiger partial charge >= 0.3 is 0 Å². The number of aldehydes is 1. The lowest BCUT2D eigenvalue weighted by Crippen LogP contribution is -2.61. The van der Waals surface area contributed by atoms with Crippen LogP contribution >= 0.6 is 0 Å². The highest BCUT2D eigenvalue weighted by Gasteiger charge is 2.36. The smallest absolute Gasteiger partial charge is 0.243 e. The number of aromatic hydroxyl groups is 3. The van der Waals surface area contributed by atoms with Gasteiger partial charge in [0, 0.05) is 25.8 Å². The van der Waals surface area contributed by atoms with Crippen LogP contribution in [0.2, 0.25) is 0 Å². The van der Waals surface area contributed by atoms with Crippen LogP contribution in [0, 0.1) is 11.8 Å². The Balaban J connectivity index is 1.68. The summed E-state index contributed by atoms with van der Waals surface area (Å²) in [6.07, 6.45) is -1.45. The number of carbonyl (C=O) groups is 11. The average Bonchev–Trinajstić information content (AvgIpc) is 1.88. The van der Waals surface area contributed by atoms with Gasteiger partial charge in [0.15, 0.2) is 5.96 Å². The van der Waals surface area contributed by atoms with Gasteiger partial charge in [-0.25, -0.2) is 0 Å². The third-order valence-electron chi connectivity index (χ3n) is 13.9. The SMILES string of the molecule is CC(C)C[C@H](NC(=O)[C@H](CCCN=C(N)N)NC(=O)[C@H](Cc1ccc(O)cc1)NC(=O)[C@H](CC(C)C)NC(=O)[C@H](Cc1ccc(O)cc1)NC(=O)[C@H](CC(N)=O)NC(=O)[C@H](Cc1ccc(O)cc1)NC(=O)[C@@H](N)CC(N)=O)C(=O)N[C@H](C=O)Cc1ccccc1. The van der Waals surface area contributed by atoms with Crippen LogP contribution in [-0.4, -0.2) is 148 Å². The summed E-state index contributed by atoms with van der Waals surface area (Å²) in [4.78, 5) is 155. The zero-order chi connectivity index (χ0) is 66.6. The van der Waals surface area contributed by atoms with Gasteiger partial charge in [-0.2, -0.15) is 0 Å². The first-order chi connectivity index (χ1) is 42.6. The number of primary amides is 2. The molecule has 0 unspecified atom stereocenters. The van der Waals surface area contributed by atoms with E-state index in [2.05, 4.69) is 47.5 Å². The summed E-state index contributed by atoms with van der Waals surface area (Å²) >= 11 is 0. The number of rotatable bonds is 37. The van der Waals surface area contributed by atoms with Crippen molar-refractivity contribution in [1.29, 1.82) is 0 Å². The first-order valence-corrected chi connectivity index (χ1v) is 29.2. The van der Waals surface area contributed by atoms with E-state index in [9.17, 15) is 68.1 Å². The van der Waals surface area contributed by atoms with Crippen LogP contribution in [0.1, 0.15) is 88.5 Å². The fourth-order valence-electron chi connectivity index (χ4n) is 9.33. The highest BCUT2D eigenvalue weighted by molar-refractivity contribution is 5.99. The van der Waals surface area contributed by atoms with Gasteiger partial charge in [0.05, 0.1) is 24.9 Å². The Bertz CT molecular complexity index is 3110. The molecule has 0 saturated heterocycles. The van der Waals surface area contributed by atoms with Gasteiger partial charge in [0.25, 0.3) is 0 Å². The molecule has 0 bridgehead atoms. The minimum atomic E-state index is -1.83. The molecule has 21 N–H and O–H groups in total. The van der Waals surface area contributed by atoms with E-state index in [4.69, 9.17) is 28.7 Å². The second kappa shape index (κ2) is 36.3. The molecule has 90 heavy (non-hydrogen) atoms. The molecule has 28 heteroatoms. The molecule has 0 fully saturated rings. The molecule has 4 aromatic carbocycles. The molecule has 28 nitrogen and oxygen atoms in total. The molecule has 4 aromatic rings. The largest absolute Gasteiger partial charge is 0.508 e. The quantitative estimate of drug-likeness (QED) is 0.0104. The van der Waals surface area contributed by atoms with Gasteiger partial charge in [0.1, 0.15) is 65.8 Å². The standard InChI is InChI=1S/C62H84N14O14/c1-34(2)25-46(56(85)69-40(33-77)27-36-9-6-5-7-10-36)72-55(84)45(11-8-24-68-62(66)67)70-58(87)49(29-38-14-20-42(79)21-15-38)74-57(86)47(26-35(3)4)73-60(89)50(30-39-16-22-43(80)23-17-39)75-61(90)51(32-53(65)82)76-59(88)48(28-37-12-18-41(78)19-13-37)71-54(83)44(63)31-52(64)81/h5-7,9-10,12-23,33-35,40,44-51,78-80H,8,11,24-32,63H2,1-4H3,(H2,64,81)(H2,65,82)(H,69,85)(H,70,87)(H,71,83)(H,72,84)(H,73,89)(H,74,86)(H,75,90)(H,76,88)(H4,66,67,68)/t40-,44-,45-,46-,47-,48-,49-,50-,51-/m0/s1. The van der Waals surface area contributed by atoms with Gasteiger partial charge in [-0.15, -0.1) is 0 Å². The molecule has 10 amide bonds. The minimum Gasteiger partial charge on any atom is -0.508 e. The number of guanidine groups is 1. The van der Waals surface area contributed by atoms with E-state index in [1.807, 2.05) is 13.8 Å². The predicted molar refractivity (Wildman–Crippen MR) is 332 cm³/mol. The predicted octanol–water partition coefficient (Wildman–Crippen LogP) is -1.62. The zero-order valence-corrected chi connectivity index (χ0v) is 50.7. The van der Waals surface area contributed by atoms with Crippen molar-refractivity contribution in [3.05, 3.63) is 125 Å². The van der Waals surface area contributed by atoms with Crippen LogP contribution in [0.5, 0.6) is 17.2 Å². The van der Waals surface area contributed by atoms with Crippen LogP contribution in [0.25, 0.3) is 0 Å². The van der Waals surface area contributed by atoms with Gasteiger partial charge in [-0.1, -0.05) is 94.4 Å². The van der Waals surface area contributed by atoms with Gasteiger partial charge in [-0.05, 0) is 103 Å². The summed E-state index contributed by atoms with van der Waals surface area (Å²) in [5.74, 6) is -10.5. The maximum atomic E-state index is 14.8. The van der Waals surface area contributed by atoms with E-state index in [0.29, 0.717) is 23.0 Å². The number of aliphatic imine (C=N–C) groups is 1. The van der Waals surface area contributed by atoms with Crippen molar-refractivity contribution in [2.24, 2.45) is 45.5 Å². The Kier molecular flexibility index (Phi) is 29.1. The summed E-state index contributed by atoms with van der Waals surface area (Å²) in [7, 11) is 0. The van der Waals surface area contributed by atoms with Gasteiger partial charge in [-0.3, -0.25) is 52.9 Å². The van der Waals surface area contributed by atoms with E-state index in [1.165, 1.54) is 72.8 Å². The second-order valence-electron chi connectivity index (χ2n) is 22.6. The fourth-order valence-corrected chi connectivity index (χ4v) is 9.33. The average molecular weight is 1250 g/mol. The van der Waals surface area contributed by atoms with Crippen molar-refractivity contribution in [2.75, 3.05) is 6.54 Å². The van der Waals surface area contributed by atoms with Crippen LogP contribution in [0.4, 0.5) is 0 Å². The highest BCUT2D eigenvalue weighted by Crippen LogP contribution is 2.17. The number of hydrogen-bond acceptors (Lipinski definition) is 16. The lowest BCUT2D eigenvalue weighted by molar-refractivity contribution is -0.136. The third-order valence-corrected chi connectivity index (χ3v) is 13.9. The van der Waals surface area contributed by atoms with Crippen molar-refractivity contribution in [2.45, 2.75) is 146 Å². The molecule has 0 saturated carbocycles. The van der Waals surface area contributed by atoms with Gasteiger partial charge < -0.3 is 91.3 Å². The van der Waals surface area contributed by atoms with Crippen molar-refractivity contribution >= 4 is 71.3 Å². The van der Waals surface area contributed by atoms with Crippen LogP contribution in [0.3, 0.4) is 0 Å². The second-order valence-corrected chi connectivity index (χ2v) is 22.6. The van der Waals surface area contributed by atoms with E-state index in [-0.39, 0.29) is 93.0 Å². The molecule has 486 valence electrons. The number of carbonyl (C=O) groups excluding carboxylic acids is 11. The zero-order valence-electron chi connectivity index (χ0n) is 50.7. The van der Waals surface area contributed by atoms with E-state index in [1.54, 1.807) is 44.2 Å². The summed E-state index contributed by atoms with van der Waals surface area (Å²) in [6.45, 7) is 7.15. The monoisotopic (exact) mass is 1250 g/mol. The lowest BCUT2D eigenvalue weighted by atomic mass is 9.99. The Hall–Kier alpha value is -10.1. The first kappa shape index (κ1) is 72.4. The molecule has 0 heterocycles. The Morgan fingerprint density at radius 1 is 0.422 bits per heavy atom. The van der Waals surface area contributed by atoms with Crippen molar-refractivity contribution < 1.29 is 68.1 Å². The highest BCUT2D eigenvalue weighted by atomic mass is 16.3. The molecule has 4 rings (SSSR count). The Morgan fingerprint density at radius 3 is 1.14 bits per heavy atom. The molecule has 0 aliphatic rings. The van der Waals surface area contributed by atoms with Crippen molar-refractivity contribution in [1.82, 2.24) is 42.5 Å². The van der Waals surface area contributed by atoms with E-state index < -0.39 is 126 Å². The molecule has 9 atom stereocenters. The van der Waals surface area contributed by atoms with E-state index in [0.717, 1.165) is 5.56 Å². The maximum Gasteiger partial charge on any atom is 0.243 e. The summed E-state index contributed by atoms with van der Waals surface area (Å²) < 4.78 is 0. The number of nitrogens with one attached hydrogen (secondary N) is 8. The number of hydrogen-bond donors (Lipinski definition) is 16. The molecule has 0 radical (unpaired) electrons.